The van der Waals surface area contributed by atoms with E-state index in [0.717, 1.165) is 38.6 Å². The normalized spacial score (nSPS) is 25.7. The standard InChI is InChI=1S/C21H33NO4/c1-22(14-13-16-9-5-4-6-10-16)21-17(18(23)15-19(21)24)11-7-2-3-8-12-20(25)26/h4-6,9-10,17-19,21,23-24H,2-3,7-8,11-15H2,1H3,(H,25,26)/t17-,18-,19+,21+/m0/s1. The largest absolute Gasteiger partial charge is 0.481 e. The van der Waals surface area contributed by atoms with Crippen molar-refractivity contribution in [1.29, 1.82) is 0 Å². The molecule has 1 aliphatic carbocycles. The molecule has 1 aliphatic rings. The smallest absolute Gasteiger partial charge is 0.303 e. The van der Waals surface area contributed by atoms with Crippen LogP contribution in [0.1, 0.15) is 50.5 Å². The first-order valence-corrected chi connectivity index (χ1v) is 9.81. The third kappa shape index (κ3) is 6.38. The molecule has 0 bridgehead atoms. The molecule has 5 heteroatoms. The van der Waals surface area contributed by atoms with Gasteiger partial charge in [0.05, 0.1) is 12.2 Å². The number of aliphatic hydroxyl groups excluding tert-OH is 2. The minimum Gasteiger partial charge on any atom is -0.481 e. The third-order valence-corrected chi connectivity index (χ3v) is 5.59. The molecule has 1 saturated carbocycles. The Kier molecular flexibility index (Phi) is 8.55. The Morgan fingerprint density at radius 2 is 1.77 bits per heavy atom. The Labute approximate surface area is 156 Å². The maximum Gasteiger partial charge on any atom is 0.303 e. The number of likely N-dealkylation sites (N-methyl/N-ethyl adjacent to an activating group) is 1. The second kappa shape index (κ2) is 10.7. The number of benzene rings is 1. The first-order valence-electron chi connectivity index (χ1n) is 9.81. The van der Waals surface area contributed by atoms with E-state index in [1.165, 1.54) is 5.56 Å². The average Bonchev–Trinajstić information content (AvgIpc) is 2.90. The van der Waals surface area contributed by atoms with Crippen molar-refractivity contribution in [1.82, 2.24) is 4.90 Å². The highest BCUT2D eigenvalue weighted by atomic mass is 16.4. The summed E-state index contributed by atoms with van der Waals surface area (Å²) in [5, 5.41) is 29.5. The van der Waals surface area contributed by atoms with E-state index in [4.69, 9.17) is 5.11 Å². The summed E-state index contributed by atoms with van der Waals surface area (Å²) in [5.41, 5.74) is 1.28. The molecule has 0 radical (unpaired) electrons. The average molecular weight is 363 g/mol. The van der Waals surface area contributed by atoms with Crippen LogP contribution in [0.2, 0.25) is 0 Å². The number of rotatable bonds is 11. The van der Waals surface area contributed by atoms with E-state index in [1.807, 2.05) is 25.2 Å². The lowest BCUT2D eigenvalue weighted by Crippen LogP contribution is -2.43. The predicted molar refractivity (Wildman–Crippen MR) is 102 cm³/mol. The molecule has 0 aromatic heterocycles. The molecule has 0 aliphatic heterocycles. The van der Waals surface area contributed by atoms with Crippen LogP contribution in [0.3, 0.4) is 0 Å². The van der Waals surface area contributed by atoms with Gasteiger partial charge < -0.3 is 20.2 Å². The van der Waals surface area contributed by atoms with Crippen molar-refractivity contribution in [3.63, 3.8) is 0 Å². The minimum atomic E-state index is -0.737. The molecule has 3 N–H and O–H groups in total. The van der Waals surface area contributed by atoms with E-state index >= 15 is 0 Å². The van der Waals surface area contributed by atoms with Gasteiger partial charge in [-0.05, 0) is 31.9 Å². The Bertz CT molecular complexity index is 536. The van der Waals surface area contributed by atoms with Gasteiger partial charge in [-0.15, -0.1) is 0 Å². The van der Waals surface area contributed by atoms with E-state index in [-0.39, 0.29) is 18.4 Å². The predicted octanol–water partition coefficient (Wildman–Crippen LogP) is 2.70. The summed E-state index contributed by atoms with van der Waals surface area (Å²) in [6.07, 6.45) is 5.13. The Balaban J connectivity index is 1.79. The molecule has 1 aromatic carbocycles. The highest BCUT2D eigenvalue weighted by Crippen LogP contribution is 2.34. The molecule has 5 nitrogen and oxygen atoms in total. The molecule has 146 valence electrons. The molecule has 0 unspecified atom stereocenters. The van der Waals surface area contributed by atoms with Crippen LogP contribution in [0.5, 0.6) is 0 Å². The van der Waals surface area contributed by atoms with Gasteiger partial charge in [-0.1, -0.05) is 49.6 Å². The van der Waals surface area contributed by atoms with Gasteiger partial charge in [0.2, 0.25) is 0 Å². The van der Waals surface area contributed by atoms with Crippen LogP contribution in [0.25, 0.3) is 0 Å². The summed E-state index contributed by atoms with van der Waals surface area (Å²) >= 11 is 0. The molecular weight excluding hydrogens is 330 g/mol. The van der Waals surface area contributed by atoms with E-state index in [9.17, 15) is 15.0 Å². The van der Waals surface area contributed by atoms with Gasteiger partial charge in [0.1, 0.15) is 0 Å². The molecule has 0 saturated heterocycles. The van der Waals surface area contributed by atoms with Crippen LogP contribution >= 0.6 is 0 Å². The molecule has 0 spiro atoms. The van der Waals surface area contributed by atoms with Crippen molar-refractivity contribution in [3.8, 4) is 0 Å². The third-order valence-electron chi connectivity index (χ3n) is 5.59. The highest BCUT2D eigenvalue weighted by Gasteiger charge is 2.43. The van der Waals surface area contributed by atoms with Gasteiger partial charge in [0.25, 0.3) is 0 Å². The summed E-state index contributed by atoms with van der Waals surface area (Å²) in [6.45, 7) is 0.855. The van der Waals surface area contributed by atoms with Crippen molar-refractivity contribution >= 4 is 5.97 Å². The Morgan fingerprint density at radius 1 is 1.08 bits per heavy atom. The molecule has 26 heavy (non-hydrogen) atoms. The molecule has 2 rings (SSSR count). The maximum absolute atomic E-state index is 10.5. The summed E-state index contributed by atoms with van der Waals surface area (Å²) in [5.74, 6) is -0.648. The Morgan fingerprint density at radius 3 is 2.46 bits per heavy atom. The summed E-state index contributed by atoms with van der Waals surface area (Å²) in [6, 6.07) is 10.3. The second-order valence-electron chi connectivity index (χ2n) is 7.59. The van der Waals surface area contributed by atoms with Gasteiger partial charge in [-0.2, -0.15) is 0 Å². The summed E-state index contributed by atoms with van der Waals surface area (Å²) in [4.78, 5) is 12.7. The molecule has 0 amide bonds. The molecule has 1 fully saturated rings. The second-order valence-corrected chi connectivity index (χ2v) is 7.59. The van der Waals surface area contributed by atoms with Gasteiger partial charge in [-0.25, -0.2) is 0 Å². The van der Waals surface area contributed by atoms with Crippen molar-refractivity contribution in [2.24, 2.45) is 5.92 Å². The topological polar surface area (TPSA) is 81.0 Å². The van der Waals surface area contributed by atoms with Crippen LogP contribution in [0, 0.1) is 5.92 Å². The van der Waals surface area contributed by atoms with Gasteiger partial charge in [-0.3, -0.25) is 4.79 Å². The van der Waals surface area contributed by atoms with Crippen molar-refractivity contribution in [2.45, 2.75) is 69.6 Å². The quantitative estimate of drug-likeness (QED) is 0.527. The van der Waals surface area contributed by atoms with Crippen molar-refractivity contribution in [3.05, 3.63) is 35.9 Å². The number of aliphatic carboxylic acids is 1. The lowest BCUT2D eigenvalue weighted by molar-refractivity contribution is -0.137. The van der Waals surface area contributed by atoms with Crippen LogP contribution in [0.4, 0.5) is 0 Å². The first kappa shape index (κ1) is 20.9. The van der Waals surface area contributed by atoms with Gasteiger partial charge in [0.15, 0.2) is 0 Å². The lowest BCUT2D eigenvalue weighted by atomic mass is 9.92. The highest BCUT2D eigenvalue weighted by molar-refractivity contribution is 5.66. The number of unbranched alkanes of at least 4 members (excludes halogenated alkanes) is 3. The first-order chi connectivity index (χ1) is 12.5. The van der Waals surface area contributed by atoms with Crippen LogP contribution in [0.15, 0.2) is 30.3 Å². The van der Waals surface area contributed by atoms with E-state index in [0.29, 0.717) is 12.8 Å². The minimum absolute atomic E-state index is 0.00673. The van der Waals surface area contributed by atoms with E-state index in [2.05, 4.69) is 17.0 Å². The number of aliphatic hydroxyl groups is 2. The Hall–Kier alpha value is -1.43. The van der Waals surface area contributed by atoms with Crippen molar-refractivity contribution in [2.75, 3.05) is 13.6 Å². The van der Waals surface area contributed by atoms with Crippen LogP contribution < -0.4 is 0 Å². The molecule has 1 aromatic rings. The number of carbonyl (C=O) groups is 1. The fraction of sp³-hybridized carbons (Fsp3) is 0.667. The number of carboxylic acid groups (broad SMARTS) is 1. The molecule has 4 atom stereocenters. The zero-order valence-corrected chi connectivity index (χ0v) is 15.8. The zero-order chi connectivity index (χ0) is 18.9. The van der Waals surface area contributed by atoms with Gasteiger partial charge in [0, 0.05) is 31.3 Å². The van der Waals surface area contributed by atoms with E-state index in [1.54, 1.807) is 0 Å². The number of hydrogen-bond donors (Lipinski definition) is 3. The monoisotopic (exact) mass is 363 g/mol. The summed E-state index contributed by atoms with van der Waals surface area (Å²) < 4.78 is 0. The van der Waals surface area contributed by atoms with Crippen molar-refractivity contribution < 1.29 is 20.1 Å². The fourth-order valence-corrected chi connectivity index (χ4v) is 4.17. The zero-order valence-electron chi connectivity index (χ0n) is 15.8. The number of nitrogens with zero attached hydrogens (tertiary/aromatic N) is 1. The number of carboxylic acids is 1. The van der Waals surface area contributed by atoms with Crippen LogP contribution in [-0.2, 0) is 11.2 Å². The fourth-order valence-electron chi connectivity index (χ4n) is 4.17. The lowest BCUT2D eigenvalue weighted by Gasteiger charge is -2.32. The van der Waals surface area contributed by atoms with Gasteiger partial charge >= 0.3 is 5.97 Å². The molecule has 0 heterocycles. The van der Waals surface area contributed by atoms with Crippen LogP contribution in [-0.4, -0.2) is 58.0 Å². The molecular formula is C21H33NO4. The van der Waals surface area contributed by atoms with E-state index < -0.39 is 18.2 Å². The SMILES string of the molecule is CN(CCc1ccccc1)[C@@H]1[C@@H](CCCCCCC(=O)O)[C@@H](O)C[C@H]1O. The maximum atomic E-state index is 10.5. The number of hydrogen-bond acceptors (Lipinski definition) is 4. The summed E-state index contributed by atoms with van der Waals surface area (Å²) in [7, 11) is 2.04.